The van der Waals surface area contributed by atoms with Crippen molar-refractivity contribution in [2.24, 2.45) is 0 Å². The number of benzene rings is 1. The number of aryl methyl sites for hydroxylation is 1. The zero-order chi connectivity index (χ0) is 11.8. The third-order valence-electron chi connectivity index (χ3n) is 3.63. The number of nitrogens with one attached hydrogen (secondary N) is 1. The number of hydrogen-bond donors (Lipinski definition) is 1. The van der Waals surface area contributed by atoms with Gasteiger partial charge in [-0.1, -0.05) is 18.2 Å². The normalized spacial score (nSPS) is 20.4. The molecule has 0 aromatic heterocycles. The van der Waals surface area contributed by atoms with Crippen LogP contribution in [0, 0.1) is 6.92 Å². The summed E-state index contributed by atoms with van der Waals surface area (Å²) in [5, 5.41) is 3.01. The minimum absolute atomic E-state index is 0.0804. The molecule has 88 valence electrons. The van der Waals surface area contributed by atoms with E-state index in [9.17, 15) is 4.79 Å². The molecule has 1 amide bonds. The summed E-state index contributed by atoms with van der Waals surface area (Å²) >= 11 is 0. The lowest BCUT2D eigenvalue weighted by atomic mass is 10.0. The lowest BCUT2D eigenvalue weighted by Crippen LogP contribution is -2.23. The zero-order valence-corrected chi connectivity index (χ0v) is 10.1. The second kappa shape index (κ2) is 4.02. The molecule has 1 saturated carbocycles. The van der Waals surface area contributed by atoms with Crippen LogP contribution >= 0.6 is 0 Å². The highest BCUT2D eigenvalue weighted by molar-refractivity contribution is 5.96. The average Bonchev–Trinajstić information content (AvgIpc) is 3.00. The number of carbonyl (C=O) groups is 1. The van der Waals surface area contributed by atoms with E-state index in [1.165, 1.54) is 22.3 Å². The van der Waals surface area contributed by atoms with E-state index in [0.717, 1.165) is 25.7 Å². The van der Waals surface area contributed by atoms with Crippen LogP contribution in [0.25, 0.3) is 5.57 Å². The first-order chi connectivity index (χ1) is 8.24. The highest BCUT2D eigenvalue weighted by atomic mass is 16.1. The van der Waals surface area contributed by atoms with E-state index < -0.39 is 0 Å². The molecule has 1 aromatic rings. The third-order valence-corrected chi connectivity index (χ3v) is 3.63. The Balaban J connectivity index is 1.84. The standard InChI is InChI=1S/C15H17NO/c1-10-3-2-4-14-11(5-8-13(10)14)9-15(17)16-12-6-7-12/h2-4,9,12H,5-8H2,1H3,(H,16,17)/b11-9+. The third kappa shape index (κ3) is 2.12. The molecule has 0 atom stereocenters. The Labute approximate surface area is 102 Å². The van der Waals surface area contributed by atoms with Gasteiger partial charge in [-0.2, -0.15) is 0 Å². The summed E-state index contributed by atoms with van der Waals surface area (Å²) in [4.78, 5) is 11.8. The van der Waals surface area contributed by atoms with Gasteiger partial charge in [0.1, 0.15) is 0 Å². The van der Waals surface area contributed by atoms with Gasteiger partial charge in [0.05, 0.1) is 0 Å². The van der Waals surface area contributed by atoms with Crippen LogP contribution in [0.4, 0.5) is 0 Å². The Morgan fingerprint density at radius 3 is 2.94 bits per heavy atom. The van der Waals surface area contributed by atoms with E-state index in [4.69, 9.17) is 0 Å². The first-order valence-electron chi connectivity index (χ1n) is 6.34. The van der Waals surface area contributed by atoms with Crippen LogP contribution in [-0.4, -0.2) is 11.9 Å². The summed E-state index contributed by atoms with van der Waals surface area (Å²) < 4.78 is 0. The predicted octanol–water partition coefficient (Wildman–Crippen LogP) is 2.60. The molecule has 2 heteroatoms. The minimum Gasteiger partial charge on any atom is -0.350 e. The van der Waals surface area contributed by atoms with Gasteiger partial charge in [-0.15, -0.1) is 0 Å². The van der Waals surface area contributed by atoms with Crippen LogP contribution in [0.3, 0.4) is 0 Å². The lowest BCUT2D eigenvalue weighted by Gasteiger charge is -2.04. The molecule has 0 spiro atoms. The number of fused-ring (bicyclic) bond motifs is 1. The Bertz CT molecular complexity index is 498. The van der Waals surface area contributed by atoms with Crippen molar-refractivity contribution in [1.82, 2.24) is 5.32 Å². The summed E-state index contributed by atoms with van der Waals surface area (Å²) in [6, 6.07) is 6.79. The van der Waals surface area contributed by atoms with Crippen LogP contribution in [0.2, 0.25) is 0 Å². The molecule has 0 heterocycles. The number of allylic oxidation sites excluding steroid dienone is 1. The fraction of sp³-hybridized carbons (Fsp3) is 0.400. The Morgan fingerprint density at radius 1 is 1.35 bits per heavy atom. The van der Waals surface area contributed by atoms with Crippen LogP contribution in [0.5, 0.6) is 0 Å². The molecule has 2 aliphatic carbocycles. The second-order valence-corrected chi connectivity index (χ2v) is 5.05. The lowest BCUT2D eigenvalue weighted by molar-refractivity contribution is -0.116. The van der Waals surface area contributed by atoms with E-state index >= 15 is 0 Å². The molecule has 17 heavy (non-hydrogen) atoms. The van der Waals surface area contributed by atoms with Crippen LogP contribution in [0.1, 0.15) is 36.0 Å². The Morgan fingerprint density at radius 2 is 2.18 bits per heavy atom. The summed E-state index contributed by atoms with van der Waals surface area (Å²) in [5.41, 5.74) is 5.23. The van der Waals surface area contributed by atoms with Crippen LogP contribution in [-0.2, 0) is 11.2 Å². The highest BCUT2D eigenvalue weighted by Gasteiger charge is 2.23. The van der Waals surface area contributed by atoms with Gasteiger partial charge in [0.25, 0.3) is 0 Å². The average molecular weight is 227 g/mol. The minimum atomic E-state index is 0.0804. The highest BCUT2D eigenvalue weighted by Crippen LogP contribution is 2.33. The van der Waals surface area contributed by atoms with E-state index in [1.54, 1.807) is 6.08 Å². The Hall–Kier alpha value is -1.57. The monoisotopic (exact) mass is 227 g/mol. The maximum absolute atomic E-state index is 11.8. The van der Waals surface area contributed by atoms with Crippen molar-refractivity contribution in [3.8, 4) is 0 Å². The molecule has 0 saturated heterocycles. The van der Waals surface area contributed by atoms with Gasteiger partial charge in [0.15, 0.2) is 0 Å². The molecule has 3 rings (SSSR count). The molecular weight excluding hydrogens is 210 g/mol. The molecule has 0 radical (unpaired) electrons. The van der Waals surface area contributed by atoms with Crippen LogP contribution < -0.4 is 5.32 Å². The van der Waals surface area contributed by atoms with Gasteiger partial charge in [-0.25, -0.2) is 0 Å². The maximum Gasteiger partial charge on any atom is 0.244 e. The van der Waals surface area contributed by atoms with Crippen molar-refractivity contribution in [3.05, 3.63) is 41.0 Å². The fourth-order valence-electron chi connectivity index (χ4n) is 2.51. The van der Waals surface area contributed by atoms with Crippen molar-refractivity contribution in [2.45, 2.75) is 38.6 Å². The number of hydrogen-bond acceptors (Lipinski definition) is 1. The molecular formula is C15H17NO. The molecule has 1 N–H and O–H groups in total. The number of rotatable bonds is 2. The first kappa shape index (κ1) is 10.6. The molecule has 0 unspecified atom stereocenters. The number of amides is 1. The number of carbonyl (C=O) groups excluding carboxylic acids is 1. The summed E-state index contributed by atoms with van der Waals surface area (Å²) in [6.45, 7) is 2.14. The molecule has 1 aromatic carbocycles. The second-order valence-electron chi connectivity index (χ2n) is 5.05. The molecule has 2 nitrogen and oxygen atoms in total. The van der Waals surface area contributed by atoms with E-state index in [1.807, 2.05) is 0 Å². The topological polar surface area (TPSA) is 29.1 Å². The van der Waals surface area contributed by atoms with E-state index in [-0.39, 0.29) is 5.91 Å². The smallest absolute Gasteiger partial charge is 0.244 e. The van der Waals surface area contributed by atoms with Gasteiger partial charge < -0.3 is 5.32 Å². The molecule has 1 fully saturated rings. The Kier molecular flexibility index (Phi) is 2.50. The van der Waals surface area contributed by atoms with Gasteiger partial charge in [0, 0.05) is 12.1 Å². The maximum atomic E-state index is 11.8. The van der Waals surface area contributed by atoms with Gasteiger partial charge in [-0.05, 0) is 54.9 Å². The van der Waals surface area contributed by atoms with Crippen molar-refractivity contribution >= 4 is 11.5 Å². The molecule has 0 bridgehead atoms. The summed E-state index contributed by atoms with van der Waals surface area (Å²) in [7, 11) is 0. The van der Waals surface area contributed by atoms with Crippen LogP contribution in [0.15, 0.2) is 24.3 Å². The SMILES string of the molecule is Cc1cccc2c1CC/C2=C\C(=O)NC1CC1. The van der Waals surface area contributed by atoms with Crippen molar-refractivity contribution in [3.63, 3.8) is 0 Å². The zero-order valence-electron chi connectivity index (χ0n) is 10.1. The van der Waals surface area contributed by atoms with Crippen molar-refractivity contribution < 1.29 is 4.79 Å². The molecule has 2 aliphatic rings. The predicted molar refractivity (Wildman–Crippen MR) is 68.6 cm³/mol. The molecule has 0 aliphatic heterocycles. The first-order valence-corrected chi connectivity index (χ1v) is 6.34. The largest absolute Gasteiger partial charge is 0.350 e. The van der Waals surface area contributed by atoms with Gasteiger partial charge in [-0.3, -0.25) is 4.79 Å². The van der Waals surface area contributed by atoms with Crippen molar-refractivity contribution in [2.75, 3.05) is 0 Å². The summed E-state index contributed by atoms with van der Waals surface area (Å²) in [6.07, 6.45) is 6.15. The van der Waals surface area contributed by atoms with E-state index in [0.29, 0.717) is 6.04 Å². The fourth-order valence-corrected chi connectivity index (χ4v) is 2.51. The summed E-state index contributed by atoms with van der Waals surface area (Å²) in [5.74, 6) is 0.0804. The van der Waals surface area contributed by atoms with Gasteiger partial charge in [0.2, 0.25) is 5.91 Å². The van der Waals surface area contributed by atoms with Crippen molar-refractivity contribution in [1.29, 1.82) is 0 Å². The quantitative estimate of drug-likeness (QED) is 0.773. The van der Waals surface area contributed by atoms with Gasteiger partial charge >= 0.3 is 0 Å². The van der Waals surface area contributed by atoms with E-state index in [2.05, 4.69) is 30.4 Å².